The summed E-state index contributed by atoms with van der Waals surface area (Å²) in [5.74, 6) is 1.21. The number of benzene rings is 2. The molecule has 3 rings (SSSR count). The van der Waals surface area contributed by atoms with Crippen molar-refractivity contribution in [1.29, 1.82) is 0 Å². The average molecular weight is 351 g/mol. The standard InChI is InChI=1S/C22H25NO3/c1-5-16-8-6-7-15(2)21(16)23-20(24)14-25-18-10-9-17-11-12-22(3,4)26-19(17)13-18/h6-13H,5,14H2,1-4H3,(H,23,24). The number of para-hydroxylation sites is 1. The largest absolute Gasteiger partial charge is 0.484 e. The zero-order valence-electron chi connectivity index (χ0n) is 15.8. The predicted molar refractivity (Wildman–Crippen MR) is 105 cm³/mol. The summed E-state index contributed by atoms with van der Waals surface area (Å²) in [6, 6.07) is 11.6. The van der Waals surface area contributed by atoms with Gasteiger partial charge in [-0.15, -0.1) is 0 Å². The van der Waals surface area contributed by atoms with Crippen molar-refractivity contribution in [3.63, 3.8) is 0 Å². The maximum atomic E-state index is 12.3. The van der Waals surface area contributed by atoms with Crippen LogP contribution in [-0.4, -0.2) is 18.1 Å². The number of rotatable bonds is 5. The van der Waals surface area contributed by atoms with Crippen LogP contribution in [-0.2, 0) is 11.2 Å². The maximum Gasteiger partial charge on any atom is 0.262 e. The van der Waals surface area contributed by atoms with E-state index in [9.17, 15) is 4.79 Å². The van der Waals surface area contributed by atoms with Gasteiger partial charge in [0, 0.05) is 17.3 Å². The van der Waals surface area contributed by atoms with Gasteiger partial charge in [-0.25, -0.2) is 0 Å². The van der Waals surface area contributed by atoms with Crippen LogP contribution in [0.5, 0.6) is 11.5 Å². The van der Waals surface area contributed by atoms with Gasteiger partial charge in [-0.2, -0.15) is 0 Å². The van der Waals surface area contributed by atoms with Crippen molar-refractivity contribution in [1.82, 2.24) is 0 Å². The second-order valence-corrected chi connectivity index (χ2v) is 7.04. The summed E-state index contributed by atoms with van der Waals surface area (Å²) in [6.07, 6.45) is 4.93. The second-order valence-electron chi connectivity index (χ2n) is 7.04. The van der Waals surface area contributed by atoms with Crippen LogP contribution in [0.3, 0.4) is 0 Å². The molecule has 0 bridgehead atoms. The third kappa shape index (κ3) is 4.07. The van der Waals surface area contributed by atoms with Gasteiger partial charge in [0.2, 0.25) is 0 Å². The molecule has 2 aromatic rings. The zero-order valence-corrected chi connectivity index (χ0v) is 15.8. The molecule has 4 nitrogen and oxygen atoms in total. The molecule has 4 heteroatoms. The van der Waals surface area contributed by atoms with Crippen LogP contribution >= 0.6 is 0 Å². The fraction of sp³-hybridized carbons (Fsp3) is 0.318. The van der Waals surface area contributed by atoms with E-state index in [0.29, 0.717) is 5.75 Å². The van der Waals surface area contributed by atoms with E-state index in [1.54, 1.807) is 0 Å². The molecule has 0 aliphatic carbocycles. The molecule has 0 spiro atoms. The van der Waals surface area contributed by atoms with E-state index >= 15 is 0 Å². The fourth-order valence-corrected chi connectivity index (χ4v) is 2.96. The molecule has 0 saturated heterocycles. The summed E-state index contributed by atoms with van der Waals surface area (Å²) in [4.78, 5) is 12.3. The van der Waals surface area contributed by atoms with Gasteiger partial charge in [0.05, 0.1) is 0 Å². The number of carbonyl (C=O) groups is 1. The summed E-state index contributed by atoms with van der Waals surface area (Å²) >= 11 is 0. The van der Waals surface area contributed by atoms with Crippen molar-refractivity contribution in [2.24, 2.45) is 0 Å². The minimum absolute atomic E-state index is 0.0461. The molecule has 136 valence electrons. The molecule has 0 radical (unpaired) electrons. The Morgan fingerprint density at radius 3 is 2.81 bits per heavy atom. The summed E-state index contributed by atoms with van der Waals surface area (Å²) < 4.78 is 11.6. The predicted octanol–water partition coefficient (Wildman–Crippen LogP) is 4.76. The molecule has 0 atom stereocenters. The van der Waals surface area contributed by atoms with Crippen molar-refractivity contribution >= 4 is 17.7 Å². The minimum Gasteiger partial charge on any atom is -0.484 e. The van der Waals surface area contributed by atoms with E-state index < -0.39 is 0 Å². The number of carbonyl (C=O) groups excluding carboxylic acids is 1. The molecular formula is C22H25NO3. The van der Waals surface area contributed by atoms with Crippen LogP contribution in [0.25, 0.3) is 6.08 Å². The lowest BCUT2D eigenvalue weighted by Crippen LogP contribution is -2.27. The number of aryl methyl sites for hydroxylation is 2. The first-order chi connectivity index (χ1) is 12.4. The van der Waals surface area contributed by atoms with E-state index in [-0.39, 0.29) is 18.1 Å². The van der Waals surface area contributed by atoms with Crippen molar-refractivity contribution in [3.05, 3.63) is 59.2 Å². The molecule has 0 aromatic heterocycles. The van der Waals surface area contributed by atoms with Crippen molar-refractivity contribution in [3.8, 4) is 11.5 Å². The number of amides is 1. The van der Waals surface area contributed by atoms with Gasteiger partial charge in [-0.3, -0.25) is 4.79 Å². The Morgan fingerprint density at radius 1 is 1.23 bits per heavy atom. The Kier molecular flexibility index (Phi) is 5.03. The van der Waals surface area contributed by atoms with Crippen LogP contribution in [0.2, 0.25) is 0 Å². The summed E-state index contributed by atoms with van der Waals surface area (Å²) in [5, 5.41) is 2.97. The van der Waals surface area contributed by atoms with Gasteiger partial charge in [0.1, 0.15) is 17.1 Å². The third-order valence-electron chi connectivity index (χ3n) is 4.40. The van der Waals surface area contributed by atoms with Gasteiger partial charge < -0.3 is 14.8 Å². The van der Waals surface area contributed by atoms with Crippen LogP contribution in [0.15, 0.2) is 42.5 Å². The van der Waals surface area contributed by atoms with Crippen LogP contribution in [0, 0.1) is 6.92 Å². The molecule has 0 fully saturated rings. The lowest BCUT2D eigenvalue weighted by Gasteiger charge is -2.28. The van der Waals surface area contributed by atoms with Gasteiger partial charge in [-0.1, -0.05) is 31.2 Å². The zero-order chi connectivity index (χ0) is 18.7. The van der Waals surface area contributed by atoms with Gasteiger partial charge in [0.15, 0.2) is 6.61 Å². The van der Waals surface area contributed by atoms with Crippen LogP contribution < -0.4 is 14.8 Å². The quantitative estimate of drug-likeness (QED) is 0.845. The van der Waals surface area contributed by atoms with Crippen LogP contribution in [0.4, 0.5) is 5.69 Å². The van der Waals surface area contributed by atoms with Crippen molar-refractivity contribution < 1.29 is 14.3 Å². The number of nitrogens with one attached hydrogen (secondary N) is 1. The highest BCUT2D eigenvalue weighted by Crippen LogP contribution is 2.33. The van der Waals surface area contributed by atoms with E-state index in [2.05, 4.69) is 12.2 Å². The first-order valence-corrected chi connectivity index (χ1v) is 8.91. The molecule has 1 N–H and O–H groups in total. The highest BCUT2D eigenvalue weighted by Gasteiger charge is 2.22. The average Bonchev–Trinajstić information content (AvgIpc) is 2.60. The molecule has 1 amide bonds. The Hall–Kier alpha value is -2.75. The molecule has 26 heavy (non-hydrogen) atoms. The molecule has 2 aromatic carbocycles. The van der Waals surface area contributed by atoms with Crippen molar-refractivity contribution in [2.45, 2.75) is 39.7 Å². The Balaban J connectivity index is 1.65. The Morgan fingerprint density at radius 2 is 2.04 bits per heavy atom. The summed E-state index contributed by atoms with van der Waals surface area (Å²) in [6.45, 7) is 8.02. The number of anilines is 1. The number of fused-ring (bicyclic) bond motifs is 1. The second kappa shape index (κ2) is 7.24. The van der Waals surface area contributed by atoms with E-state index in [4.69, 9.17) is 9.47 Å². The minimum atomic E-state index is -0.343. The topological polar surface area (TPSA) is 47.6 Å². The summed E-state index contributed by atoms with van der Waals surface area (Å²) in [7, 11) is 0. The monoisotopic (exact) mass is 351 g/mol. The Bertz CT molecular complexity index is 852. The highest BCUT2D eigenvalue weighted by molar-refractivity contribution is 5.93. The van der Waals surface area contributed by atoms with Gasteiger partial charge in [0.25, 0.3) is 5.91 Å². The van der Waals surface area contributed by atoms with Crippen molar-refractivity contribution in [2.75, 3.05) is 11.9 Å². The third-order valence-corrected chi connectivity index (χ3v) is 4.40. The number of hydrogen-bond donors (Lipinski definition) is 1. The number of hydrogen-bond acceptors (Lipinski definition) is 3. The Labute approximate surface area is 154 Å². The molecular weight excluding hydrogens is 326 g/mol. The molecule has 1 heterocycles. The lowest BCUT2D eigenvalue weighted by molar-refractivity contribution is -0.118. The van der Waals surface area contributed by atoms with Gasteiger partial charge in [-0.05, 0) is 56.5 Å². The molecule has 1 aliphatic rings. The van der Waals surface area contributed by atoms with E-state index in [1.165, 1.54) is 0 Å². The molecule has 1 aliphatic heterocycles. The lowest BCUT2D eigenvalue weighted by atomic mass is 10.0. The first kappa shape index (κ1) is 18.1. The fourth-order valence-electron chi connectivity index (χ4n) is 2.96. The highest BCUT2D eigenvalue weighted by atomic mass is 16.5. The number of ether oxygens (including phenoxy) is 2. The van der Waals surface area contributed by atoms with Crippen LogP contribution in [0.1, 0.15) is 37.5 Å². The first-order valence-electron chi connectivity index (χ1n) is 8.91. The van der Waals surface area contributed by atoms with E-state index in [0.717, 1.165) is 34.5 Å². The molecule has 0 saturated carbocycles. The molecule has 0 unspecified atom stereocenters. The summed E-state index contributed by atoms with van der Waals surface area (Å²) in [5.41, 5.74) is 3.71. The normalized spacial score (nSPS) is 14.3. The van der Waals surface area contributed by atoms with E-state index in [1.807, 2.05) is 69.3 Å². The maximum absolute atomic E-state index is 12.3. The smallest absolute Gasteiger partial charge is 0.262 e. The SMILES string of the molecule is CCc1cccc(C)c1NC(=O)COc1ccc2c(c1)OC(C)(C)C=C2. The van der Waals surface area contributed by atoms with Gasteiger partial charge >= 0.3 is 0 Å².